The van der Waals surface area contributed by atoms with Crippen LogP contribution >= 0.6 is 0 Å². The molecule has 2 unspecified atom stereocenters. The predicted molar refractivity (Wildman–Crippen MR) is 117 cm³/mol. The molecular formula is C23H28N4O3. The van der Waals surface area contributed by atoms with Crippen LogP contribution in [0.3, 0.4) is 0 Å². The number of carbonyl (C=O) groups excluding carboxylic acids is 3. The van der Waals surface area contributed by atoms with E-state index in [0.717, 1.165) is 19.5 Å². The zero-order valence-electron chi connectivity index (χ0n) is 17.4. The van der Waals surface area contributed by atoms with Crippen molar-refractivity contribution < 1.29 is 14.4 Å². The molecule has 3 rings (SSSR count). The number of likely N-dealkylation sites (tertiary alicyclic amines) is 1. The van der Waals surface area contributed by atoms with Crippen LogP contribution in [0, 0.1) is 11.8 Å². The summed E-state index contributed by atoms with van der Waals surface area (Å²) in [5, 5.41) is 7.85. The SMILES string of the molecule is CC1CC(C)CN(C(=O)c2ccccc2NCC(=O)NC(=O)Nc2ccccc2)C1. The van der Waals surface area contributed by atoms with Crippen molar-refractivity contribution in [1.29, 1.82) is 0 Å². The van der Waals surface area contributed by atoms with Gasteiger partial charge < -0.3 is 15.5 Å². The molecule has 7 nitrogen and oxygen atoms in total. The first-order valence-electron chi connectivity index (χ1n) is 10.2. The Bertz CT molecular complexity index is 890. The third-order valence-corrected chi connectivity index (χ3v) is 5.04. The van der Waals surface area contributed by atoms with Gasteiger partial charge in [-0.1, -0.05) is 44.2 Å². The number of carbonyl (C=O) groups is 3. The normalized spacial score (nSPS) is 18.4. The van der Waals surface area contributed by atoms with Crippen molar-refractivity contribution >= 4 is 29.2 Å². The molecule has 4 amide bonds. The molecule has 0 aromatic heterocycles. The van der Waals surface area contributed by atoms with Gasteiger partial charge in [0.15, 0.2) is 0 Å². The molecule has 0 spiro atoms. The summed E-state index contributed by atoms with van der Waals surface area (Å²) in [5.41, 5.74) is 1.70. The number of nitrogens with one attached hydrogen (secondary N) is 3. The highest BCUT2D eigenvalue weighted by atomic mass is 16.2. The molecule has 3 N–H and O–H groups in total. The van der Waals surface area contributed by atoms with E-state index in [1.54, 1.807) is 42.5 Å². The van der Waals surface area contributed by atoms with Gasteiger partial charge in [-0.2, -0.15) is 0 Å². The van der Waals surface area contributed by atoms with Crippen LogP contribution in [0.4, 0.5) is 16.2 Å². The Morgan fingerprint density at radius 1 is 0.933 bits per heavy atom. The molecule has 1 heterocycles. The third-order valence-electron chi connectivity index (χ3n) is 5.04. The van der Waals surface area contributed by atoms with E-state index in [2.05, 4.69) is 29.8 Å². The molecule has 0 radical (unpaired) electrons. The Labute approximate surface area is 176 Å². The minimum absolute atomic E-state index is 0.0428. The van der Waals surface area contributed by atoms with Crippen LogP contribution in [-0.4, -0.2) is 42.4 Å². The molecule has 2 aromatic carbocycles. The minimum Gasteiger partial charge on any atom is -0.375 e. The van der Waals surface area contributed by atoms with Gasteiger partial charge in [-0.25, -0.2) is 4.79 Å². The van der Waals surface area contributed by atoms with E-state index >= 15 is 0 Å². The van der Waals surface area contributed by atoms with E-state index in [9.17, 15) is 14.4 Å². The number of para-hydroxylation sites is 2. The molecule has 0 bridgehead atoms. The molecule has 0 aliphatic carbocycles. The first-order valence-corrected chi connectivity index (χ1v) is 10.2. The Morgan fingerprint density at radius 3 is 2.27 bits per heavy atom. The summed E-state index contributed by atoms with van der Waals surface area (Å²) in [6.45, 7) is 5.66. The summed E-state index contributed by atoms with van der Waals surface area (Å²) in [6.07, 6.45) is 1.12. The summed E-state index contributed by atoms with van der Waals surface area (Å²) < 4.78 is 0. The van der Waals surface area contributed by atoms with Gasteiger partial charge in [0.25, 0.3) is 5.91 Å². The predicted octanol–water partition coefficient (Wildman–Crippen LogP) is 3.56. The topological polar surface area (TPSA) is 90.5 Å². The third kappa shape index (κ3) is 5.83. The van der Waals surface area contributed by atoms with Gasteiger partial charge in [0, 0.05) is 24.5 Å². The Balaban J connectivity index is 1.57. The van der Waals surface area contributed by atoms with Crippen molar-refractivity contribution in [1.82, 2.24) is 10.2 Å². The maximum absolute atomic E-state index is 13.1. The molecule has 2 atom stereocenters. The van der Waals surface area contributed by atoms with E-state index in [-0.39, 0.29) is 12.5 Å². The van der Waals surface area contributed by atoms with Crippen LogP contribution in [0.25, 0.3) is 0 Å². The van der Waals surface area contributed by atoms with Gasteiger partial charge in [-0.15, -0.1) is 0 Å². The number of hydrogen-bond donors (Lipinski definition) is 3. The molecule has 1 fully saturated rings. The molecule has 158 valence electrons. The number of rotatable bonds is 5. The van der Waals surface area contributed by atoms with E-state index in [4.69, 9.17) is 0 Å². The highest BCUT2D eigenvalue weighted by molar-refractivity contribution is 6.03. The van der Waals surface area contributed by atoms with Gasteiger partial charge in [-0.05, 0) is 42.5 Å². The van der Waals surface area contributed by atoms with Gasteiger partial charge in [0.05, 0.1) is 12.1 Å². The number of benzene rings is 2. The van der Waals surface area contributed by atoms with Crippen LogP contribution in [-0.2, 0) is 4.79 Å². The lowest BCUT2D eigenvalue weighted by Gasteiger charge is -2.35. The highest BCUT2D eigenvalue weighted by Gasteiger charge is 2.27. The van der Waals surface area contributed by atoms with E-state index in [1.165, 1.54) is 0 Å². The lowest BCUT2D eigenvalue weighted by molar-refractivity contribution is -0.118. The Kier molecular flexibility index (Phi) is 7.06. The second kappa shape index (κ2) is 9.91. The average molecular weight is 409 g/mol. The number of urea groups is 1. The lowest BCUT2D eigenvalue weighted by Crippen LogP contribution is -2.43. The van der Waals surface area contributed by atoms with Crippen LogP contribution < -0.4 is 16.0 Å². The smallest absolute Gasteiger partial charge is 0.325 e. The average Bonchev–Trinajstić information content (AvgIpc) is 2.72. The second-order valence-corrected chi connectivity index (χ2v) is 7.92. The summed E-state index contributed by atoms with van der Waals surface area (Å²) in [7, 11) is 0. The fraction of sp³-hybridized carbons (Fsp3) is 0.348. The molecule has 2 aromatic rings. The van der Waals surface area contributed by atoms with Crippen LogP contribution in [0.1, 0.15) is 30.6 Å². The first-order chi connectivity index (χ1) is 14.4. The molecular weight excluding hydrogens is 380 g/mol. The van der Waals surface area contributed by atoms with Gasteiger partial charge in [0.1, 0.15) is 0 Å². The van der Waals surface area contributed by atoms with Crippen molar-refractivity contribution in [3.8, 4) is 0 Å². The van der Waals surface area contributed by atoms with E-state index in [1.807, 2.05) is 17.0 Å². The van der Waals surface area contributed by atoms with Crippen molar-refractivity contribution in [2.45, 2.75) is 20.3 Å². The number of imide groups is 1. The van der Waals surface area contributed by atoms with Gasteiger partial charge in [0.2, 0.25) is 5.91 Å². The number of piperidine rings is 1. The second-order valence-electron chi connectivity index (χ2n) is 7.92. The summed E-state index contributed by atoms with van der Waals surface area (Å²) in [4.78, 5) is 39.0. The number of hydrogen-bond acceptors (Lipinski definition) is 4. The van der Waals surface area contributed by atoms with Crippen molar-refractivity contribution in [3.05, 3.63) is 60.2 Å². The summed E-state index contributed by atoms with van der Waals surface area (Å²) in [6, 6.07) is 15.4. The van der Waals surface area contributed by atoms with Crippen LogP contribution in [0.15, 0.2) is 54.6 Å². The highest BCUT2D eigenvalue weighted by Crippen LogP contribution is 2.24. The molecule has 0 saturated carbocycles. The Hall–Kier alpha value is -3.35. The fourth-order valence-electron chi connectivity index (χ4n) is 3.85. The molecule has 30 heavy (non-hydrogen) atoms. The zero-order chi connectivity index (χ0) is 21.5. The monoisotopic (exact) mass is 408 g/mol. The van der Waals surface area contributed by atoms with Crippen LogP contribution in [0.5, 0.6) is 0 Å². The number of nitrogens with zero attached hydrogens (tertiary/aromatic N) is 1. The van der Waals surface area contributed by atoms with Gasteiger partial charge in [-0.3, -0.25) is 14.9 Å². The quantitative estimate of drug-likeness (QED) is 0.706. The first kappa shape index (κ1) is 21.4. The van der Waals surface area contributed by atoms with Crippen molar-refractivity contribution in [2.24, 2.45) is 11.8 Å². The van der Waals surface area contributed by atoms with Crippen molar-refractivity contribution in [2.75, 3.05) is 30.3 Å². The van der Waals surface area contributed by atoms with Crippen LogP contribution in [0.2, 0.25) is 0 Å². The zero-order valence-corrected chi connectivity index (χ0v) is 17.4. The lowest BCUT2D eigenvalue weighted by atomic mass is 9.91. The minimum atomic E-state index is -0.603. The molecule has 1 saturated heterocycles. The largest absolute Gasteiger partial charge is 0.375 e. The summed E-state index contributed by atoms with van der Waals surface area (Å²) >= 11 is 0. The van der Waals surface area contributed by atoms with E-state index in [0.29, 0.717) is 28.8 Å². The molecule has 1 aliphatic heterocycles. The summed E-state index contributed by atoms with van der Waals surface area (Å²) in [5.74, 6) is 0.392. The molecule has 7 heteroatoms. The molecule has 1 aliphatic rings. The number of anilines is 2. The fourth-order valence-corrected chi connectivity index (χ4v) is 3.85. The van der Waals surface area contributed by atoms with Crippen molar-refractivity contribution in [3.63, 3.8) is 0 Å². The standard InChI is InChI=1S/C23H28N4O3/c1-16-12-17(2)15-27(14-16)22(29)19-10-6-7-11-20(19)24-13-21(28)26-23(30)25-18-8-4-3-5-9-18/h3-11,16-17,24H,12-15H2,1-2H3,(H2,25,26,28,30). The van der Waals surface area contributed by atoms with Gasteiger partial charge >= 0.3 is 6.03 Å². The van der Waals surface area contributed by atoms with E-state index < -0.39 is 11.9 Å². The maximum atomic E-state index is 13.1. The Morgan fingerprint density at radius 2 is 1.57 bits per heavy atom. The maximum Gasteiger partial charge on any atom is 0.325 e. The number of amides is 4.